The molecule has 0 spiro atoms. The number of aliphatic hydroxyl groups is 2. The molecule has 2 aromatic heterocycles. The van der Waals surface area contributed by atoms with Gasteiger partial charge >= 0.3 is 23.5 Å². The first kappa shape index (κ1) is 47.4. The van der Waals surface area contributed by atoms with Gasteiger partial charge in [0, 0.05) is 30.7 Å². The first-order valence-electron chi connectivity index (χ1n) is 15.7. The minimum Gasteiger partial charge on any atom is -0.386 e. The second kappa shape index (κ2) is 21.0. The lowest BCUT2D eigenvalue weighted by Crippen LogP contribution is -2.46. The van der Waals surface area contributed by atoms with Crippen molar-refractivity contribution >= 4 is 77.5 Å². The highest BCUT2D eigenvalue weighted by Gasteiger charge is 2.50. The highest BCUT2D eigenvalue weighted by atomic mass is 32.1. The van der Waals surface area contributed by atoms with E-state index in [0.29, 0.717) is 12.3 Å². The Morgan fingerprint density at radius 2 is 1.72 bits per heavy atom. The normalized spacial score (nSPS) is 21.9. The summed E-state index contributed by atoms with van der Waals surface area (Å²) in [6.45, 7) is 2.89. The van der Waals surface area contributed by atoms with E-state index in [-0.39, 0.29) is 35.9 Å². The largest absolute Gasteiger partial charge is 0.481 e. The number of nitrogen functional groups attached to an aromatic ring is 1. The van der Waals surface area contributed by atoms with Crippen molar-refractivity contribution < 1.29 is 75.7 Å². The number of thiol groups is 2. The molecule has 1 saturated heterocycles. The molecule has 53 heavy (non-hydrogen) atoms. The molecule has 1 aliphatic rings. The number of nitrogens with one attached hydrogen (secondary N) is 2. The molecule has 23 nitrogen and oxygen atoms in total. The van der Waals surface area contributed by atoms with Crippen LogP contribution in [0.1, 0.15) is 46.3 Å². The topological polar surface area (TPSA) is 347 Å². The lowest BCUT2D eigenvalue weighted by atomic mass is 9.87. The van der Waals surface area contributed by atoms with E-state index in [1.54, 1.807) is 0 Å². The van der Waals surface area contributed by atoms with Crippen molar-refractivity contribution in [2.75, 3.05) is 43.5 Å². The van der Waals surface area contributed by atoms with Crippen LogP contribution in [0, 0.1) is 5.41 Å². The molecule has 10 N–H and O–H groups in total. The predicted octanol–water partition coefficient (Wildman–Crippen LogP) is 0.0510. The zero-order valence-corrected chi connectivity index (χ0v) is 33.2. The van der Waals surface area contributed by atoms with Gasteiger partial charge < -0.3 is 50.9 Å². The van der Waals surface area contributed by atoms with Crippen molar-refractivity contribution in [2.45, 2.75) is 70.7 Å². The number of anilines is 1. The number of nitrogens with two attached hydrogens (primary N) is 1. The molecular weight excluding hydrogens is 811 g/mol. The number of rotatable bonds is 20. The SMILES string of the molecule is CC(C)(COP(=O)(O)OP(=O)(O)OC[C@H]1O[C@@H](n2cnc3c(N)ncnc32)[C@H](O)[C@@H]1OP(=O)(O)O)[C@@H](O)C(=O)NCCC(=O)NCCS.CCCCS. The van der Waals surface area contributed by atoms with Crippen molar-refractivity contribution in [3.8, 4) is 0 Å². The fourth-order valence-corrected chi connectivity index (χ4v) is 7.55. The van der Waals surface area contributed by atoms with E-state index in [4.69, 9.17) is 19.5 Å². The van der Waals surface area contributed by atoms with Crippen LogP contribution in [0.2, 0.25) is 0 Å². The second-order valence-electron chi connectivity index (χ2n) is 11.9. The Labute approximate surface area is 315 Å². The van der Waals surface area contributed by atoms with Crippen molar-refractivity contribution in [3.63, 3.8) is 0 Å². The van der Waals surface area contributed by atoms with E-state index < -0.39 is 78.6 Å². The Morgan fingerprint density at radius 1 is 1.06 bits per heavy atom. The van der Waals surface area contributed by atoms with E-state index in [0.717, 1.165) is 23.0 Å². The maximum Gasteiger partial charge on any atom is 0.481 e. The maximum absolute atomic E-state index is 12.6. The lowest BCUT2D eigenvalue weighted by Gasteiger charge is -2.30. The third-order valence-corrected chi connectivity index (χ3v) is 10.7. The molecule has 3 rings (SSSR count). The van der Waals surface area contributed by atoms with Crippen molar-refractivity contribution in [2.24, 2.45) is 5.41 Å². The Balaban J connectivity index is 0.00000181. The number of ether oxygens (including phenoxy) is 1. The van der Waals surface area contributed by atoms with Crippen LogP contribution < -0.4 is 16.4 Å². The summed E-state index contributed by atoms with van der Waals surface area (Å²) in [6, 6.07) is 0. The Bertz CT molecular complexity index is 1650. The number of fused-ring (bicyclic) bond motifs is 1. The minimum atomic E-state index is -5.54. The summed E-state index contributed by atoms with van der Waals surface area (Å²) in [4.78, 5) is 74.6. The molecule has 0 aliphatic carbocycles. The number of unbranched alkanes of at least 4 members (excludes halogenated alkanes) is 1. The fraction of sp³-hybridized carbons (Fsp3) is 0.720. The van der Waals surface area contributed by atoms with E-state index in [1.165, 1.54) is 26.7 Å². The van der Waals surface area contributed by atoms with E-state index in [2.05, 4.69) is 66.6 Å². The van der Waals surface area contributed by atoms with Gasteiger partial charge in [0.15, 0.2) is 17.7 Å². The first-order valence-corrected chi connectivity index (χ1v) is 21.5. The molecular formula is C25H46N7O16P3S2. The van der Waals surface area contributed by atoms with Gasteiger partial charge in [-0.15, -0.1) is 0 Å². The van der Waals surface area contributed by atoms with Gasteiger partial charge in [-0.05, 0) is 12.2 Å². The molecule has 7 atom stereocenters. The number of phosphoric acid groups is 3. The van der Waals surface area contributed by atoms with Gasteiger partial charge in [-0.25, -0.2) is 28.6 Å². The summed E-state index contributed by atoms with van der Waals surface area (Å²) in [5, 5.41) is 26.1. The highest BCUT2D eigenvalue weighted by Crippen LogP contribution is 2.61. The molecule has 2 unspecified atom stereocenters. The third-order valence-electron chi connectivity index (χ3n) is 7.02. The van der Waals surface area contributed by atoms with Crippen LogP contribution in [-0.4, -0.2) is 123 Å². The van der Waals surface area contributed by atoms with Gasteiger partial charge in [-0.2, -0.15) is 29.6 Å². The number of carbonyl (C=O) groups excluding carboxylic acids is 2. The summed E-state index contributed by atoms with van der Waals surface area (Å²) in [5.74, 6) is 0.0949. The molecule has 0 aromatic carbocycles. The fourth-order valence-electron chi connectivity index (χ4n) is 4.29. The summed E-state index contributed by atoms with van der Waals surface area (Å²) in [5.41, 5.74) is 4.30. The van der Waals surface area contributed by atoms with Crippen LogP contribution in [0.3, 0.4) is 0 Å². The molecule has 28 heteroatoms. The van der Waals surface area contributed by atoms with Crippen LogP contribution in [0.4, 0.5) is 5.82 Å². The smallest absolute Gasteiger partial charge is 0.386 e. The standard InChI is InChI=1S/C21H36N7O16P3S.C4H10S/c1-21(2,16(31)19(32)24-4-3-12(29)23-5-6-48)8-41-47(38,39)44-46(36,37)40-7-11-15(43-45(33,34)35)14(30)20(42-11)28-10-27-13-17(22)25-9-26-18(13)28;1-2-3-4-5/h9-11,14-16,20,30-31,48H,3-8H2,1-2H3,(H,23,29)(H,24,32)(H,36,37)(H,38,39)(H2,22,25,26)(H2,33,34,35);5H,2-4H2,1H3/t11-,14-,15-,16+,20-;/m1./s1. The molecule has 3 heterocycles. The number of hydrogen-bond donors (Lipinski definition) is 11. The van der Waals surface area contributed by atoms with Gasteiger partial charge in [0.2, 0.25) is 11.8 Å². The van der Waals surface area contributed by atoms with Gasteiger partial charge in [0.1, 0.15) is 36.3 Å². The van der Waals surface area contributed by atoms with Crippen molar-refractivity contribution in [1.29, 1.82) is 0 Å². The summed E-state index contributed by atoms with van der Waals surface area (Å²) >= 11 is 7.95. The van der Waals surface area contributed by atoms with Crippen LogP contribution >= 0.6 is 48.7 Å². The first-order chi connectivity index (χ1) is 24.6. The number of aromatic nitrogens is 4. The Hall–Kier alpha value is -1.76. The zero-order chi connectivity index (χ0) is 40.2. The number of carbonyl (C=O) groups is 2. The van der Waals surface area contributed by atoms with Crippen LogP contribution in [0.15, 0.2) is 12.7 Å². The van der Waals surface area contributed by atoms with Crippen molar-refractivity contribution in [3.05, 3.63) is 12.7 Å². The number of nitrogens with zero attached hydrogens (tertiary/aromatic N) is 4. The quantitative estimate of drug-likeness (QED) is 0.0619. The maximum atomic E-state index is 12.6. The number of phosphoric ester groups is 3. The highest BCUT2D eigenvalue weighted by molar-refractivity contribution is 7.80. The van der Waals surface area contributed by atoms with Crippen LogP contribution in [0.25, 0.3) is 11.2 Å². The van der Waals surface area contributed by atoms with Gasteiger partial charge in [-0.3, -0.25) is 27.7 Å². The van der Waals surface area contributed by atoms with E-state index in [9.17, 15) is 53.1 Å². The molecule has 2 amide bonds. The monoisotopic (exact) mass is 857 g/mol. The molecule has 0 radical (unpaired) electrons. The van der Waals surface area contributed by atoms with Crippen molar-refractivity contribution in [1.82, 2.24) is 30.2 Å². The Kier molecular flexibility index (Phi) is 18.7. The summed E-state index contributed by atoms with van der Waals surface area (Å²) in [7, 11) is -16.3. The number of amides is 2. The number of hydrogen-bond acceptors (Lipinski definition) is 18. The molecule has 0 saturated carbocycles. The van der Waals surface area contributed by atoms with Gasteiger partial charge in [0.25, 0.3) is 0 Å². The average molecular weight is 858 g/mol. The van der Waals surface area contributed by atoms with E-state index >= 15 is 0 Å². The Morgan fingerprint density at radius 3 is 2.30 bits per heavy atom. The summed E-state index contributed by atoms with van der Waals surface area (Å²) < 4.78 is 61.7. The van der Waals surface area contributed by atoms with E-state index in [1.807, 2.05) is 0 Å². The molecule has 1 fully saturated rings. The average Bonchev–Trinajstić information content (AvgIpc) is 3.62. The van der Waals surface area contributed by atoms with Crippen LogP contribution in [0.5, 0.6) is 0 Å². The second-order valence-corrected chi connectivity index (χ2v) is 17.0. The molecule has 304 valence electrons. The predicted molar refractivity (Wildman–Crippen MR) is 192 cm³/mol. The molecule has 1 aliphatic heterocycles. The van der Waals surface area contributed by atoms with Crippen LogP contribution in [-0.2, 0) is 45.9 Å². The third kappa shape index (κ3) is 15.4. The number of aliphatic hydroxyl groups excluding tert-OH is 2. The minimum absolute atomic E-state index is 0.0363. The molecule has 2 aromatic rings. The summed E-state index contributed by atoms with van der Waals surface area (Å²) in [6.07, 6.45) is -4.22. The molecule has 0 bridgehead atoms. The zero-order valence-electron chi connectivity index (χ0n) is 28.8. The van der Waals surface area contributed by atoms with Gasteiger partial charge in [-0.1, -0.05) is 27.2 Å². The lowest BCUT2D eigenvalue weighted by molar-refractivity contribution is -0.137. The number of imidazole rings is 1. The van der Waals surface area contributed by atoms with Gasteiger partial charge in [0.05, 0.1) is 19.5 Å².